The van der Waals surface area contributed by atoms with E-state index in [1.54, 1.807) is 0 Å². The normalized spacial score (nSPS) is 12.0. The molecule has 2 rings (SSSR count). The van der Waals surface area contributed by atoms with Gasteiger partial charge in [-0.2, -0.15) is 0 Å². The second-order valence-electron chi connectivity index (χ2n) is 5.77. The lowest BCUT2D eigenvalue weighted by Gasteiger charge is -2.23. The van der Waals surface area contributed by atoms with Crippen LogP contribution in [-0.4, -0.2) is 16.1 Å². The highest BCUT2D eigenvalue weighted by atomic mass is 16.4. The molecule has 0 unspecified atom stereocenters. The van der Waals surface area contributed by atoms with Crippen LogP contribution in [0.2, 0.25) is 0 Å². The summed E-state index contributed by atoms with van der Waals surface area (Å²) in [5, 5.41) is 10.3. The number of fused-ring (bicyclic) bond motifs is 1. The zero-order valence-corrected chi connectivity index (χ0v) is 12.0. The van der Waals surface area contributed by atoms with Gasteiger partial charge < -0.3 is 10.1 Å². The minimum Gasteiger partial charge on any atom is -0.481 e. The van der Waals surface area contributed by atoms with Crippen molar-refractivity contribution in [3.8, 4) is 0 Å². The van der Waals surface area contributed by atoms with Crippen LogP contribution in [0.15, 0.2) is 18.2 Å². The molecule has 0 aliphatic rings. The lowest BCUT2D eigenvalue weighted by Crippen LogP contribution is -2.22. The highest BCUT2D eigenvalue weighted by Gasteiger charge is 2.29. The fraction of sp³-hybridized carbons (Fsp3) is 0.438. The van der Waals surface area contributed by atoms with Gasteiger partial charge in [0.2, 0.25) is 0 Å². The minimum atomic E-state index is -0.759. The summed E-state index contributed by atoms with van der Waals surface area (Å²) in [6.45, 7) is 8.15. The molecule has 19 heavy (non-hydrogen) atoms. The van der Waals surface area contributed by atoms with Crippen molar-refractivity contribution in [2.45, 2.75) is 46.0 Å². The van der Waals surface area contributed by atoms with Crippen molar-refractivity contribution in [1.82, 2.24) is 4.98 Å². The summed E-state index contributed by atoms with van der Waals surface area (Å²) in [4.78, 5) is 14.5. The van der Waals surface area contributed by atoms with Gasteiger partial charge in [-0.25, -0.2) is 0 Å². The average Bonchev–Trinajstić information content (AvgIpc) is 2.63. The van der Waals surface area contributed by atoms with Crippen LogP contribution < -0.4 is 0 Å². The Morgan fingerprint density at radius 2 is 2.05 bits per heavy atom. The summed E-state index contributed by atoms with van der Waals surface area (Å²) in [6, 6.07) is 6.25. The van der Waals surface area contributed by atoms with Crippen LogP contribution in [0.1, 0.15) is 44.0 Å². The third-order valence-electron chi connectivity index (χ3n) is 3.76. The zero-order chi connectivity index (χ0) is 14.2. The maximum atomic E-state index is 11.1. The summed E-state index contributed by atoms with van der Waals surface area (Å²) in [5.74, 6) is -0.759. The average molecular weight is 259 g/mol. The molecule has 0 atom stereocenters. The summed E-state index contributed by atoms with van der Waals surface area (Å²) in [6.07, 6.45) is 1.10. The Balaban J connectivity index is 2.67. The second kappa shape index (κ2) is 4.72. The lowest BCUT2D eigenvalue weighted by molar-refractivity contribution is -0.138. The summed E-state index contributed by atoms with van der Waals surface area (Å²) in [5.41, 5.74) is 4.25. The molecule has 0 aliphatic heterocycles. The van der Waals surface area contributed by atoms with E-state index in [0.29, 0.717) is 0 Å². The monoisotopic (exact) mass is 259 g/mol. The van der Waals surface area contributed by atoms with Gasteiger partial charge >= 0.3 is 5.97 Å². The Hall–Kier alpha value is -1.77. The summed E-state index contributed by atoms with van der Waals surface area (Å²) < 4.78 is 0. The molecule has 0 fully saturated rings. The first-order valence-electron chi connectivity index (χ1n) is 6.69. The first-order valence-corrected chi connectivity index (χ1v) is 6.69. The third-order valence-corrected chi connectivity index (χ3v) is 3.76. The van der Waals surface area contributed by atoms with E-state index in [-0.39, 0.29) is 11.8 Å². The molecule has 2 N–H and O–H groups in total. The predicted octanol–water partition coefficient (Wildman–Crippen LogP) is 3.79. The molecule has 0 spiro atoms. The molecule has 0 bridgehead atoms. The Morgan fingerprint density at radius 3 is 2.63 bits per heavy atom. The van der Waals surface area contributed by atoms with Crippen LogP contribution >= 0.6 is 0 Å². The van der Waals surface area contributed by atoms with Gasteiger partial charge in [0.25, 0.3) is 0 Å². The van der Waals surface area contributed by atoms with Gasteiger partial charge in [0, 0.05) is 22.0 Å². The maximum absolute atomic E-state index is 11.1. The van der Waals surface area contributed by atoms with E-state index in [1.807, 2.05) is 20.8 Å². The fourth-order valence-corrected chi connectivity index (χ4v) is 3.04. The van der Waals surface area contributed by atoms with Crippen LogP contribution in [0.3, 0.4) is 0 Å². The van der Waals surface area contributed by atoms with Crippen LogP contribution in [-0.2, 0) is 16.6 Å². The SMILES string of the molecule is CCc1cccc2c(C(C)(C)CC(=O)O)c(C)[nH]c12. The number of aliphatic carboxylic acids is 1. The number of carboxylic acids is 1. The van der Waals surface area contributed by atoms with E-state index in [2.05, 4.69) is 30.1 Å². The molecular weight excluding hydrogens is 238 g/mol. The molecule has 1 aromatic heterocycles. The number of aromatic nitrogens is 1. The number of hydrogen-bond donors (Lipinski definition) is 2. The van der Waals surface area contributed by atoms with Crippen molar-refractivity contribution >= 4 is 16.9 Å². The molecule has 0 saturated heterocycles. The largest absolute Gasteiger partial charge is 0.481 e. The van der Waals surface area contributed by atoms with Crippen molar-refractivity contribution < 1.29 is 9.90 Å². The summed E-state index contributed by atoms with van der Waals surface area (Å²) >= 11 is 0. The van der Waals surface area contributed by atoms with E-state index < -0.39 is 5.97 Å². The first kappa shape index (κ1) is 13.7. The van der Waals surface area contributed by atoms with E-state index in [4.69, 9.17) is 5.11 Å². The Labute approximate surface area is 113 Å². The molecule has 0 saturated carbocycles. The van der Waals surface area contributed by atoms with Crippen molar-refractivity contribution in [1.29, 1.82) is 0 Å². The van der Waals surface area contributed by atoms with Crippen LogP contribution in [0.5, 0.6) is 0 Å². The van der Waals surface area contributed by atoms with Crippen molar-refractivity contribution in [3.63, 3.8) is 0 Å². The predicted molar refractivity (Wildman–Crippen MR) is 77.7 cm³/mol. The lowest BCUT2D eigenvalue weighted by atomic mass is 9.80. The number of benzene rings is 1. The minimum absolute atomic E-state index is 0.136. The van der Waals surface area contributed by atoms with Gasteiger partial charge in [0.15, 0.2) is 0 Å². The zero-order valence-electron chi connectivity index (χ0n) is 12.0. The number of aromatic amines is 1. The standard InChI is InChI=1S/C16H21NO2/c1-5-11-7-6-8-12-14(10(2)17-15(11)12)16(3,4)9-13(18)19/h6-8,17H,5,9H2,1-4H3,(H,18,19). The number of carbonyl (C=O) groups is 1. The second-order valence-corrected chi connectivity index (χ2v) is 5.77. The Morgan fingerprint density at radius 1 is 1.37 bits per heavy atom. The topological polar surface area (TPSA) is 53.1 Å². The Bertz CT molecular complexity index is 623. The fourth-order valence-electron chi connectivity index (χ4n) is 3.04. The highest BCUT2D eigenvalue weighted by Crippen LogP contribution is 2.36. The molecule has 102 valence electrons. The van der Waals surface area contributed by atoms with Gasteiger partial charge in [-0.15, -0.1) is 0 Å². The molecule has 3 nitrogen and oxygen atoms in total. The van der Waals surface area contributed by atoms with E-state index >= 15 is 0 Å². The number of para-hydroxylation sites is 1. The van der Waals surface area contributed by atoms with E-state index in [1.165, 1.54) is 5.56 Å². The Kier molecular flexibility index (Phi) is 3.40. The number of aryl methyl sites for hydroxylation is 2. The van der Waals surface area contributed by atoms with Crippen LogP contribution in [0.4, 0.5) is 0 Å². The molecular formula is C16H21NO2. The molecule has 0 radical (unpaired) electrons. The number of carboxylic acid groups (broad SMARTS) is 1. The maximum Gasteiger partial charge on any atom is 0.304 e. The summed E-state index contributed by atoms with van der Waals surface area (Å²) in [7, 11) is 0. The van der Waals surface area contributed by atoms with Crippen molar-refractivity contribution in [3.05, 3.63) is 35.0 Å². The molecule has 0 aliphatic carbocycles. The molecule has 1 heterocycles. The van der Waals surface area contributed by atoms with Gasteiger partial charge in [0.1, 0.15) is 0 Å². The molecule has 2 aromatic rings. The van der Waals surface area contributed by atoms with Crippen LogP contribution in [0.25, 0.3) is 10.9 Å². The molecule has 3 heteroatoms. The first-order chi connectivity index (χ1) is 8.86. The smallest absolute Gasteiger partial charge is 0.304 e. The highest BCUT2D eigenvalue weighted by molar-refractivity contribution is 5.89. The molecule has 0 amide bonds. The number of rotatable bonds is 4. The third kappa shape index (κ3) is 2.37. The number of H-pyrrole nitrogens is 1. The van der Waals surface area contributed by atoms with Crippen molar-refractivity contribution in [2.75, 3.05) is 0 Å². The van der Waals surface area contributed by atoms with Crippen molar-refractivity contribution in [2.24, 2.45) is 0 Å². The van der Waals surface area contributed by atoms with E-state index in [9.17, 15) is 4.79 Å². The van der Waals surface area contributed by atoms with Gasteiger partial charge in [0.05, 0.1) is 6.42 Å². The van der Waals surface area contributed by atoms with Gasteiger partial charge in [-0.1, -0.05) is 39.0 Å². The molecule has 1 aromatic carbocycles. The van der Waals surface area contributed by atoms with Crippen LogP contribution in [0, 0.1) is 6.92 Å². The van der Waals surface area contributed by atoms with Gasteiger partial charge in [-0.05, 0) is 24.5 Å². The number of hydrogen-bond acceptors (Lipinski definition) is 1. The number of nitrogens with one attached hydrogen (secondary N) is 1. The van der Waals surface area contributed by atoms with Gasteiger partial charge in [-0.3, -0.25) is 4.79 Å². The quantitative estimate of drug-likeness (QED) is 0.877. The van der Waals surface area contributed by atoms with E-state index in [0.717, 1.165) is 28.6 Å².